The molecule has 13 aromatic rings. The van der Waals surface area contributed by atoms with Crippen LogP contribution in [0.15, 0.2) is 0 Å². The summed E-state index contributed by atoms with van der Waals surface area (Å²) in [5, 5.41) is 30.1. The Morgan fingerprint density at radius 1 is 0.0789 bits per heavy atom. The van der Waals surface area contributed by atoms with E-state index in [0.29, 0.717) is 0 Å². The molecule has 382 valence electrons. The van der Waals surface area contributed by atoms with Crippen LogP contribution in [0.25, 0.3) is 130 Å². The highest BCUT2D eigenvalue weighted by molar-refractivity contribution is 6.49. The van der Waals surface area contributed by atoms with E-state index in [1.807, 2.05) is 0 Å². The monoisotopic (exact) mass is 991 g/mol. The van der Waals surface area contributed by atoms with E-state index in [2.05, 4.69) is 180 Å². The van der Waals surface area contributed by atoms with Crippen LogP contribution in [0.3, 0.4) is 0 Å². The molecule has 0 N–H and O–H groups in total. The summed E-state index contributed by atoms with van der Waals surface area (Å²) >= 11 is 0. The Morgan fingerprint density at radius 2 is 0.224 bits per heavy atom. The first-order chi connectivity index (χ1) is 35.7. The van der Waals surface area contributed by atoms with Gasteiger partial charge in [0.05, 0.1) is 0 Å². The fraction of sp³-hybridized carbons (Fsp3) is 0.342. The lowest BCUT2D eigenvalue weighted by Crippen LogP contribution is -2.02. The highest BCUT2D eigenvalue weighted by Gasteiger charge is 2.36. The smallest absolute Gasteiger partial charge is 0.000780 e. The average molecular weight is 991 g/mol. The molecule has 13 aromatic carbocycles. The summed E-state index contributed by atoms with van der Waals surface area (Å²) in [6.45, 7) is 61.4. The van der Waals surface area contributed by atoms with Gasteiger partial charge in [-0.05, 0) is 455 Å². The summed E-state index contributed by atoms with van der Waals surface area (Å²) in [6, 6.07) is 0. The third-order valence-electron chi connectivity index (χ3n) is 22.9. The molecule has 0 heterocycles. The van der Waals surface area contributed by atoms with Gasteiger partial charge in [0.15, 0.2) is 0 Å². The molecule has 1 aliphatic rings. The van der Waals surface area contributed by atoms with Gasteiger partial charge in [0.2, 0.25) is 0 Å². The predicted octanol–water partition coefficient (Wildman–Crippen LogP) is 22.3. The zero-order valence-electron chi connectivity index (χ0n) is 51.0. The van der Waals surface area contributed by atoms with Gasteiger partial charge in [-0.3, -0.25) is 0 Å². The molecule has 0 aromatic heterocycles. The molecule has 0 radical (unpaired) electrons. The molecule has 14 rings (SSSR count). The van der Waals surface area contributed by atoms with Crippen molar-refractivity contribution in [2.75, 3.05) is 0 Å². The predicted molar refractivity (Wildman–Crippen MR) is 340 cm³/mol. The standard InChI is InChI=1S/C42H42.C34H36/c1-15-17(3)21(7)33-31(19(15)5)35-25(11)23(9)29-28(14)38-34-22(8)18(4)16(2)20(6)32(34)36-26(12)24(10)30-27(13)37(33)41(35)39(29)40(30)42(36)38;1-13-14(2)19(7)29-28(18(13)6)30-23(11)22(10)26-21(9)20(8)25-16(4)15(3)17(5)27-24(12)31(29)34(30)33(26)32(25)27/h1-14H3;1-12H3. The van der Waals surface area contributed by atoms with Gasteiger partial charge in [0, 0.05) is 0 Å². The number of hydrogen-bond donors (Lipinski definition) is 0. The van der Waals surface area contributed by atoms with Gasteiger partial charge in [-0.1, -0.05) is 0 Å². The quantitative estimate of drug-likeness (QED) is 0.133. The van der Waals surface area contributed by atoms with Crippen LogP contribution in [0.2, 0.25) is 0 Å². The Labute approximate surface area is 452 Å². The number of fused-ring (bicyclic) bond motifs is 9. The highest BCUT2D eigenvalue weighted by Crippen LogP contribution is 2.61. The molecular weight excluding hydrogens is 913 g/mol. The Balaban J connectivity index is 0.000000149. The largest absolute Gasteiger partial charge is 0.0443 e. The molecule has 0 amide bonds. The zero-order chi connectivity index (χ0) is 54.9. The second-order valence-corrected chi connectivity index (χ2v) is 25.2. The van der Waals surface area contributed by atoms with E-state index < -0.39 is 0 Å². The minimum Gasteiger partial charge on any atom is -0.0443 e. The summed E-state index contributed by atoms with van der Waals surface area (Å²) < 4.78 is 0. The van der Waals surface area contributed by atoms with Crippen molar-refractivity contribution < 1.29 is 0 Å². The van der Waals surface area contributed by atoms with Crippen LogP contribution in [0.4, 0.5) is 0 Å². The van der Waals surface area contributed by atoms with E-state index in [1.54, 1.807) is 0 Å². The van der Waals surface area contributed by atoms with Gasteiger partial charge in [-0.15, -0.1) is 0 Å². The summed E-state index contributed by atoms with van der Waals surface area (Å²) in [5.74, 6) is 0. The van der Waals surface area contributed by atoms with Crippen LogP contribution in [0, 0.1) is 180 Å². The fourth-order valence-corrected chi connectivity index (χ4v) is 17.2. The fourth-order valence-electron chi connectivity index (χ4n) is 17.2. The van der Waals surface area contributed by atoms with Crippen molar-refractivity contribution in [1.82, 2.24) is 0 Å². The molecule has 0 aliphatic heterocycles. The molecular formula is C76H78. The Hall–Kier alpha value is -6.50. The van der Waals surface area contributed by atoms with E-state index in [4.69, 9.17) is 0 Å². The maximum absolute atomic E-state index is 2.43. The molecule has 0 fully saturated rings. The van der Waals surface area contributed by atoms with Crippen molar-refractivity contribution in [2.24, 2.45) is 0 Å². The van der Waals surface area contributed by atoms with Gasteiger partial charge < -0.3 is 0 Å². The van der Waals surface area contributed by atoms with Crippen LogP contribution in [0.1, 0.15) is 145 Å². The van der Waals surface area contributed by atoms with Crippen molar-refractivity contribution in [3.63, 3.8) is 0 Å². The summed E-state index contributed by atoms with van der Waals surface area (Å²) in [4.78, 5) is 0. The molecule has 1 aliphatic carbocycles. The SMILES string of the molecule is Cc1c(C)c(C)c2c(c1C)-c1c(C)c(C)c3c(C)c(C)c4c(C)c(C)c(C)c5c(C)c-2c1c3c45.Cc1c(C)c(C)c2c(c1C)c1c(C)c(C)c3c(C)c4c5c(C)c(C)c(C)c(C)c5c5c(C)c(C)c6c(C)c2c1c3c6c54. The van der Waals surface area contributed by atoms with Crippen LogP contribution in [-0.4, -0.2) is 0 Å². The van der Waals surface area contributed by atoms with Crippen molar-refractivity contribution in [3.8, 4) is 22.3 Å². The highest BCUT2D eigenvalue weighted by atomic mass is 14.4. The van der Waals surface area contributed by atoms with E-state index in [0.717, 1.165) is 0 Å². The minimum atomic E-state index is 1.45. The molecule has 0 heteroatoms. The van der Waals surface area contributed by atoms with Gasteiger partial charge in [0.25, 0.3) is 0 Å². The molecule has 0 saturated heterocycles. The van der Waals surface area contributed by atoms with E-state index in [9.17, 15) is 0 Å². The molecule has 0 bridgehead atoms. The molecule has 0 atom stereocenters. The maximum atomic E-state index is 2.43. The summed E-state index contributed by atoms with van der Waals surface area (Å²) in [7, 11) is 0. The number of hydrogen-bond acceptors (Lipinski definition) is 0. The van der Waals surface area contributed by atoms with Crippen LogP contribution < -0.4 is 0 Å². The second kappa shape index (κ2) is 15.2. The molecule has 0 unspecified atom stereocenters. The topological polar surface area (TPSA) is 0 Å². The molecule has 0 nitrogen and oxygen atoms in total. The number of rotatable bonds is 0. The molecule has 0 spiro atoms. The Kier molecular flexibility index (Phi) is 9.79. The van der Waals surface area contributed by atoms with Gasteiger partial charge in [-0.25, -0.2) is 0 Å². The number of aryl methyl sites for hydroxylation is 16. The number of benzene rings is 11. The first-order valence-electron chi connectivity index (χ1n) is 28.5. The summed E-state index contributed by atoms with van der Waals surface area (Å²) in [6.07, 6.45) is 0. The van der Waals surface area contributed by atoms with Gasteiger partial charge >= 0.3 is 0 Å². The van der Waals surface area contributed by atoms with Gasteiger partial charge in [0.1, 0.15) is 0 Å². The van der Waals surface area contributed by atoms with E-state index in [-0.39, 0.29) is 0 Å². The Morgan fingerprint density at radius 3 is 0.566 bits per heavy atom. The third-order valence-corrected chi connectivity index (χ3v) is 22.9. The van der Waals surface area contributed by atoms with Crippen LogP contribution >= 0.6 is 0 Å². The Bertz CT molecular complexity index is 4790. The molecule has 76 heavy (non-hydrogen) atoms. The van der Waals surface area contributed by atoms with Crippen molar-refractivity contribution >= 4 is 108 Å². The maximum Gasteiger partial charge on any atom is -0.000780 e. The minimum absolute atomic E-state index is 1.45. The summed E-state index contributed by atoms with van der Waals surface area (Å²) in [5.41, 5.74) is 43.8. The second-order valence-electron chi connectivity index (χ2n) is 25.2. The zero-order valence-corrected chi connectivity index (χ0v) is 51.0. The van der Waals surface area contributed by atoms with Crippen molar-refractivity contribution in [1.29, 1.82) is 0 Å². The molecule has 0 saturated carbocycles. The van der Waals surface area contributed by atoms with Crippen molar-refractivity contribution in [3.05, 3.63) is 145 Å². The normalized spacial score (nSPS) is 12.9. The average Bonchev–Trinajstić information content (AvgIpc) is 3.95. The first-order valence-corrected chi connectivity index (χ1v) is 28.5. The first kappa shape index (κ1) is 49.1. The van der Waals surface area contributed by atoms with E-state index in [1.165, 1.54) is 275 Å². The van der Waals surface area contributed by atoms with Crippen molar-refractivity contribution in [2.45, 2.75) is 180 Å². The van der Waals surface area contributed by atoms with Crippen LogP contribution in [-0.2, 0) is 0 Å². The van der Waals surface area contributed by atoms with Gasteiger partial charge in [-0.2, -0.15) is 0 Å². The van der Waals surface area contributed by atoms with Crippen LogP contribution in [0.5, 0.6) is 0 Å². The third kappa shape index (κ3) is 5.12. The lowest BCUT2D eigenvalue weighted by molar-refractivity contribution is 1.22. The lowest BCUT2D eigenvalue weighted by Gasteiger charge is -2.26. The van der Waals surface area contributed by atoms with E-state index >= 15 is 0 Å². The lowest BCUT2D eigenvalue weighted by atomic mass is 9.77.